The lowest BCUT2D eigenvalue weighted by atomic mass is 10.1. The predicted molar refractivity (Wildman–Crippen MR) is 107 cm³/mol. The highest BCUT2D eigenvalue weighted by atomic mass is 19.1. The van der Waals surface area contributed by atoms with E-state index in [9.17, 15) is 13.6 Å². The Balaban J connectivity index is 1.71. The molecule has 7 nitrogen and oxygen atoms in total. The van der Waals surface area contributed by atoms with Crippen molar-refractivity contribution in [3.63, 3.8) is 0 Å². The number of halogens is 2. The number of methoxy groups -OCH3 is 1. The number of pyridine rings is 1. The highest BCUT2D eigenvalue weighted by Crippen LogP contribution is 2.34. The molecule has 156 valence electrons. The van der Waals surface area contributed by atoms with Gasteiger partial charge in [0.25, 0.3) is 5.56 Å². The lowest BCUT2D eigenvalue weighted by molar-refractivity contribution is 0.0350. The van der Waals surface area contributed by atoms with Gasteiger partial charge in [0.15, 0.2) is 0 Å². The molecule has 0 amide bonds. The first-order valence-corrected chi connectivity index (χ1v) is 9.36. The molecule has 1 atom stereocenters. The summed E-state index contributed by atoms with van der Waals surface area (Å²) in [7, 11) is 2.98. The fourth-order valence-corrected chi connectivity index (χ4v) is 3.53. The Morgan fingerprint density at radius 2 is 1.97 bits per heavy atom. The van der Waals surface area contributed by atoms with Crippen LogP contribution in [0.3, 0.4) is 0 Å². The molecular formula is C21H20F2N4O3. The third kappa shape index (κ3) is 3.76. The highest BCUT2D eigenvalue weighted by Gasteiger charge is 2.30. The van der Waals surface area contributed by atoms with Crippen molar-refractivity contribution < 1.29 is 18.3 Å². The zero-order valence-corrected chi connectivity index (χ0v) is 16.5. The second-order valence-corrected chi connectivity index (χ2v) is 6.88. The minimum atomic E-state index is -0.744. The van der Waals surface area contributed by atoms with E-state index in [0.29, 0.717) is 18.2 Å². The number of benzene rings is 1. The molecule has 0 bridgehead atoms. The first kappa shape index (κ1) is 20.0. The Bertz CT molecular complexity index is 1120. The third-order valence-electron chi connectivity index (χ3n) is 5.03. The summed E-state index contributed by atoms with van der Waals surface area (Å²) in [5.74, 6) is -0.961. The quantitative estimate of drug-likeness (QED) is 0.654. The Morgan fingerprint density at radius 1 is 1.20 bits per heavy atom. The van der Waals surface area contributed by atoms with E-state index in [1.807, 2.05) is 4.90 Å². The van der Waals surface area contributed by atoms with Gasteiger partial charge in [-0.1, -0.05) is 0 Å². The van der Waals surface area contributed by atoms with Gasteiger partial charge in [-0.15, -0.1) is 0 Å². The molecule has 3 aromatic rings. The fourth-order valence-electron chi connectivity index (χ4n) is 3.53. The first-order valence-electron chi connectivity index (χ1n) is 9.36. The Labute approximate surface area is 171 Å². The number of nitrogens with zero attached hydrogens (tertiary/aromatic N) is 4. The number of aromatic nitrogens is 3. The summed E-state index contributed by atoms with van der Waals surface area (Å²) in [6.45, 7) is 0.959. The Hall–Kier alpha value is -3.33. The smallest absolute Gasteiger partial charge is 0.255 e. The van der Waals surface area contributed by atoms with E-state index in [1.54, 1.807) is 31.6 Å². The third-order valence-corrected chi connectivity index (χ3v) is 5.03. The van der Waals surface area contributed by atoms with Gasteiger partial charge in [-0.25, -0.2) is 13.8 Å². The average molecular weight is 414 g/mol. The maximum Gasteiger partial charge on any atom is 0.255 e. The van der Waals surface area contributed by atoms with Crippen LogP contribution in [0.1, 0.15) is 11.7 Å². The van der Waals surface area contributed by atoms with E-state index in [0.717, 1.165) is 17.7 Å². The molecule has 3 heterocycles. The summed E-state index contributed by atoms with van der Waals surface area (Å²) >= 11 is 0. The summed E-state index contributed by atoms with van der Waals surface area (Å²) in [4.78, 5) is 23.0. The van der Waals surface area contributed by atoms with Crippen LogP contribution >= 0.6 is 0 Å². The normalized spacial score (nSPS) is 16.5. The SMILES string of the molecule is COc1cc(F)cc(F)c1[C@H]1CN(c2nc(-c3ccncc3)cc(=O)n2C)CCO1. The van der Waals surface area contributed by atoms with Gasteiger partial charge in [-0.3, -0.25) is 14.3 Å². The van der Waals surface area contributed by atoms with Crippen molar-refractivity contribution in [2.75, 3.05) is 31.7 Å². The zero-order chi connectivity index (χ0) is 21.3. The van der Waals surface area contributed by atoms with Crippen LogP contribution in [0, 0.1) is 11.6 Å². The van der Waals surface area contributed by atoms with E-state index < -0.39 is 17.7 Å². The standard InChI is InChI=1S/C21H20F2N4O3/c1-26-19(28)11-16(13-3-5-24-6-4-13)25-21(26)27-7-8-30-18(12-27)20-15(23)9-14(22)10-17(20)29-2/h3-6,9-11,18H,7-8,12H2,1-2H3/t18-/m1/s1. The van der Waals surface area contributed by atoms with Crippen molar-refractivity contribution in [1.29, 1.82) is 0 Å². The molecule has 0 aliphatic carbocycles. The Kier molecular flexibility index (Phi) is 5.45. The van der Waals surface area contributed by atoms with Crippen molar-refractivity contribution in [2.45, 2.75) is 6.10 Å². The maximum atomic E-state index is 14.5. The molecule has 0 saturated carbocycles. The minimum Gasteiger partial charge on any atom is -0.496 e. The van der Waals surface area contributed by atoms with E-state index >= 15 is 0 Å². The van der Waals surface area contributed by atoms with Crippen molar-refractivity contribution in [3.8, 4) is 17.0 Å². The summed E-state index contributed by atoms with van der Waals surface area (Å²) < 4.78 is 40.5. The fraction of sp³-hybridized carbons (Fsp3) is 0.286. The molecule has 1 aliphatic rings. The van der Waals surface area contributed by atoms with Gasteiger partial charge in [0.1, 0.15) is 23.5 Å². The Morgan fingerprint density at radius 3 is 2.70 bits per heavy atom. The minimum absolute atomic E-state index is 0.0757. The van der Waals surface area contributed by atoms with Gasteiger partial charge in [0.05, 0.1) is 31.5 Å². The lowest BCUT2D eigenvalue weighted by Crippen LogP contribution is -2.42. The van der Waals surface area contributed by atoms with E-state index in [2.05, 4.69) is 9.97 Å². The molecule has 0 N–H and O–H groups in total. The summed E-state index contributed by atoms with van der Waals surface area (Å²) in [6.07, 6.45) is 2.54. The van der Waals surface area contributed by atoms with Crippen LogP contribution in [0.2, 0.25) is 0 Å². The summed E-state index contributed by atoms with van der Waals surface area (Å²) in [5.41, 5.74) is 1.20. The highest BCUT2D eigenvalue weighted by molar-refractivity contribution is 5.59. The first-order chi connectivity index (χ1) is 14.5. The number of ether oxygens (including phenoxy) is 2. The van der Waals surface area contributed by atoms with Crippen molar-refractivity contribution >= 4 is 5.95 Å². The number of hydrogen-bond donors (Lipinski definition) is 0. The van der Waals surface area contributed by atoms with Crippen LogP contribution in [0.15, 0.2) is 47.5 Å². The monoisotopic (exact) mass is 414 g/mol. The molecule has 0 spiro atoms. The molecule has 1 aliphatic heterocycles. The lowest BCUT2D eigenvalue weighted by Gasteiger charge is -2.35. The zero-order valence-electron chi connectivity index (χ0n) is 16.5. The summed E-state index contributed by atoms with van der Waals surface area (Å²) in [6, 6.07) is 6.93. The molecule has 0 radical (unpaired) electrons. The van der Waals surface area contributed by atoms with Crippen molar-refractivity contribution in [3.05, 3.63) is 70.3 Å². The maximum absolute atomic E-state index is 14.5. The van der Waals surface area contributed by atoms with Gasteiger partial charge in [-0.2, -0.15) is 0 Å². The second kappa shape index (κ2) is 8.19. The van der Waals surface area contributed by atoms with E-state index in [1.165, 1.54) is 17.7 Å². The van der Waals surface area contributed by atoms with Crippen LogP contribution in [0.4, 0.5) is 14.7 Å². The molecular weight excluding hydrogens is 394 g/mol. The van der Waals surface area contributed by atoms with Gasteiger partial charge in [0, 0.05) is 49.7 Å². The van der Waals surface area contributed by atoms with Crippen LogP contribution in [-0.4, -0.2) is 41.3 Å². The van der Waals surface area contributed by atoms with Crippen LogP contribution in [0.25, 0.3) is 11.3 Å². The number of hydrogen-bond acceptors (Lipinski definition) is 6. The number of morpholine rings is 1. The van der Waals surface area contributed by atoms with E-state index in [-0.39, 0.29) is 30.0 Å². The van der Waals surface area contributed by atoms with Crippen molar-refractivity contribution in [2.24, 2.45) is 7.05 Å². The van der Waals surface area contributed by atoms with Gasteiger partial charge in [-0.05, 0) is 12.1 Å². The molecule has 0 unspecified atom stereocenters. The van der Waals surface area contributed by atoms with Crippen LogP contribution < -0.4 is 15.2 Å². The molecule has 4 rings (SSSR count). The molecule has 1 saturated heterocycles. The van der Waals surface area contributed by atoms with Gasteiger partial charge >= 0.3 is 0 Å². The predicted octanol–water partition coefficient (Wildman–Crippen LogP) is 2.71. The largest absolute Gasteiger partial charge is 0.496 e. The van der Waals surface area contributed by atoms with E-state index in [4.69, 9.17) is 9.47 Å². The average Bonchev–Trinajstić information content (AvgIpc) is 2.75. The van der Waals surface area contributed by atoms with Crippen molar-refractivity contribution in [1.82, 2.24) is 14.5 Å². The molecule has 30 heavy (non-hydrogen) atoms. The van der Waals surface area contributed by atoms with Gasteiger partial charge < -0.3 is 14.4 Å². The topological polar surface area (TPSA) is 69.5 Å². The number of rotatable bonds is 4. The van der Waals surface area contributed by atoms with Gasteiger partial charge in [0.2, 0.25) is 5.95 Å². The van der Waals surface area contributed by atoms with Crippen LogP contribution in [0.5, 0.6) is 5.75 Å². The molecule has 1 fully saturated rings. The molecule has 1 aromatic carbocycles. The second-order valence-electron chi connectivity index (χ2n) is 6.88. The molecule has 2 aromatic heterocycles. The molecule has 9 heteroatoms. The van der Waals surface area contributed by atoms with Crippen LogP contribution in [-0.2, 0) is 11.8 Å². The summed E-state index contributed by atoms with van der Waals surface area (Å²) in [5, 5.41) is 0. The number of anilines is 1.